The van der Waals surface area contributed by atoms with Crippen LogP contribution in [0.5, 0.6) is 0 Å². The van der Waals surface area contributed by atoms with E-state index in [9.17, 15) is 0 Å². The van der Waals surface area contributed by atoms with E-state index >= 15 is 0 Å². The third kappa shape index (κ3) is 4.72. The van der Waals surface area contributed by atoms with Crippen molar-refractivity contribution in [3.05, 3.63) is 42.3 Å². The number of aromatic nitrogens is 1. The molecule has 130 valence electrons. The summed E-state index contributed by atoms with van der Waals surface area (Å²) in [6, 6.07) is 9.94. The van der Waals surface area contributed by atoms with Gasteiger partial charge in [0.1, 0.15) is 6.26 Å². The lowest BCUT2D eigenvalue weighted by Gasteiger charge is -2.32. The van der Waals surface area contributed by atoms with E-state index < -0.39 is 0 Å². The smallest absolute Gasteiger partial charge is 0.226 e. The fraction of sp³-hybridized carbons (Fsp3) is 0.444. The predicted molar refractivity (Wildman–Crippen MR) is 108 cm³/mol. The fourth-order valence-electron chi connectivity index (χ4n) is 2.82. The summed E-state index contributed by atoms with van der Waals surface area (Å²) in [5, 5.41) is 3.39. The van der Waals surface area contributed by atoms with E-state index in [1.54, 1.807) is 6.26 Å². The van der Waals surface area contributed by atoms with E-state index in [0.29, 0.717) is 12.4 Å². The van der Waals surface area contributed by atoms with Gasteiger partial charge in [-0.1, -0.05) is 25.1 Å². The number of hydrogen-bond donors (Lipinski definition) is 1. The van der Waals surface area contributed by atoms with Crippen molar-refractivity contribution in [1.29, 1.82) is 0 Å². The molecule has 1 fully saturated rings. The minimum absolute atomic E-state index is 0. The number of guanidine groups is 1. The van der Waals surface area contributed by atoms with Crippen molar-refractivity contribution >= 4 is 29.9 Å². The topological polar surface area (TPSA) is 53.7 Å². The summed E-state index contributed by atoms with van der Waals surface area (Å²) in [4.78, 5) is 11.2. The summed E-state index contributed by atoms with van der Waals surface area (Å²) in [5.74, 6) is 2.42. The molecule has 0 aliphatic carbocycles. The van der Waals surface area contributed by atoms with E-state index in [-0.39, 0.29) is 24.0 Å². The average Bonchev–Trinajstić information content (AvgIpc) is 3.07. The highest BCUT2D eigenvalue weighted by molar-refractivity contribution is 14.0. The van der Waals surface area contributed by atoms with Crippen LogP contribution in [0.2, 0.25) is 0 Å². The van der Waals surface area contributed by atoms with Gasteiger partial charge in [0.25, 0.3) is 0 Å². The summed E-state index contributed by atoms with van der Waals surface area (Å²) in [6.07, 6.45) is 4.16. The molecule has 5 nitrogen and oxygen atoms in total. The number of oxazole rings is 1. The second kappa shape index (κ2) is 9.05. The van der Waals surface area contributed by atoms with Crippen LogP contribution in [-0.2, 0) is 6.54 Å². The Kier molecular flexibility index (Phi) is 7.08. The van der Waals surface area contributed by atoms with Crippen LogP contribution < -0.4 is 5.32 Å². The maximum absolute atomic E-state index is 5.57. The fourth-order valence-corrected chi connectivity index (χ4v) is 2.82. The van der Waals surface area contributed by atoms with E-state index in [1.165, 1.54) is 12.8 Å². The Labute approximate surface area is 160 Å². The van der Waals surface area contributed by atoms with Gasteiger partial charge >= 0.3 is 0 Å². The second-order valence-corrected chi connectivity index (χ2v) is 6.08. The molecule has 0 atom stereocenters. The largest absolute Gasteiger partial charge is 0.444 e. The van der Waals surface area contributed by atoms with E-state index in [2.05, 4.69) is 27.1 Å². The molecule has 0 bridgehead atoms. The molecule has 2 heterocycles. The Morgan fingerprint density at radius 3 is 2.67 bits per heavy atom. The zero-order chi connectivity index (χ0) is 16.1. The monoisotopic (exact) mass is 440 g/mol. The van der Waals surface area contributed by atoms with Crippen LogP contribution in [0, 0.1) is 5.92 Å². The van der Waals surface area contributed by atoms with Crippen molar-refractivity contribution in [3.8, 4) is 11.5 Å². The number of nitrogens with zero attached hydrogens (tertiary/aromatic N) is 3. The van der Waals surface area contributed by atoms with Gasteiger partial charge in [-0.3, -0.25) is 4.99 Å². The first-order valence-corrected chi connectivity index (χ1v) is 8.21. The predicted octanol–water partition coefficient (Wildman–Crippen LogP) is 3.77. The summed E-state index contributed by atoms with van der Waals surface area (Å²) in [6.45, 7) is 5.06. The summed E-state index contributed by atoms with van der Waals surface area (Å²) < 4.78 is 5.57. The first-order chi connectivity index (χ1) is 11.3. The van der Waals surface area contributed by atoms with Crippen molar-refractivity contribution in [2.75, 3.05) is 20.1 Å². The van der Waals surface area contributed by atoms with E-state index in [4.69, 9.17) is 4.42 Å². The van der Waals surface area contributed by atoms with Gasteiger partial charge in [0.05, 0.1) is 12.2 Å². The van der Waals surface area contributed by atoms with Crippen LogP contribution in [-0.4, -0.2) is 36.0 Å². The zero-order valence-corrected chi connectivity index (χ0v) is 16.6. The first kappa shape index (κ1) is 18.8. The number of piperidine rings is 1. The number of nitrogens with one attached hydrogen (secondary N) is 1. The quantitative estimate of drug-likeness (QED) is 0.449. The molecule has 1 aliphatic rings. The van der Waals surface area contributed by atoms with Gasteiger partial charge in [0.2, 0.25) is 5.89 Å². The lowest BCUT2D eigenvalue weighted by Crippen LogP contribution is -2.45. The van der Waals surface area contributed by atoms with Crippen molar-refractivity contribution in [2.24, 2.45) is 10.9 Å². The van der Waals surface area contributed by atoms with Crippen LogP contribution in [0.4, 0.5) is 0 Å². The third-order valence-corrected chi connectivity index (χ3v) is 4.30. The summed E-state index contributed by atoms with van der Waals surface area (Å²) in [7, 11) is 1.83. The number of rotatable bonds is 3. The zero-order valence-electron chi connectivity index (χ0n) is 14.2. The Balaban J connectivity index is 0.00000208. The molecule has 6 heteroatoms. The van der Waals surface area contributed by atoms with E-state index in [1.807, 2.05) is 37.4 Å². The molecule has 2 aromatic rings. The minimum Gasteiger partial charge on any atom is -0.444 e. The molecule has 1 aromatic heterocycles. The second-order valence-electron chi connectivity index (χ2n) is 6.08. The lowest BCUT2D eigenvalue weighted by atomic mass is 10.00. The molecule has 1 N–H and O–H groups in total. The van der Waals surface area contributed by atoms with Crippen molar-refractivity contribution < 1.29 is 4.42 Å². The highest BCUT2D eigenvalue weighted by Gasteiger charge is 2.18. The van der Waals surface area contributed by atoms with Gasteiger partial charge in [-0.2, -0.15) is 0 Å². The average molecular weight is 440 g/mol. The highest BCUT2D eigenvalue weighted by Crippen LogP contribution is 2.18. The number of likely N-dealkylation sites (tertiary alicyclic amines) is 1. The first-order valence-electron chi connectivity index (χ1n) is 8.21. The Morgan fingerprint density at radius 1 is 1.29 bits per heavy atom. The SMILES string of the molecule is CN=C(NCc1coc(-c2ccccc2)n1)N1CCC(C)CC1.I. The van der Waals surface area contributed by atoms with Gasteiger partial charge in [-0.05, 0) is 30.9 Å². The van der Waals surface area contributed by atoms with Crippen molar-refractivity contribution in [1.82, 2.24) is 15.2 Å². The number of aliphatic imine (C=N–C) groups is 1. The molecular weight excluding hydrogens is 415 g/mol. The normalized spacial score (nSPS) is 15.9. The minimum atomic E-state index is 0. The van der Waals surface area contributed by atoms with Crippen LogP contribution in [0.3, 0.4) is 0 Å². The standard InChI is InChI=1S/C18H24N4O.HI/c1-14-8-10-22(11-9-14)18(19-2)20-12-16-13-23-17(21-16)15-6-4-3-5-7-15;/h3-7,13-14H,8-12H2,1-2H3,(H,19,20);1H. The van der Waals surface area contributed by atoms with Gasteiger partial charge < -0.3 is 14.6 Å². The van der Waals surface area contributed by atoms with Gasteiger partial charge in [0.15, 0.2) is 5.96 Å². The van der Waals surface area contributed by atoms with E-state index in [0.717, 1.165) is 36.2 Å². The molecule has 0 amide bonds. The van der Waals surface area contributed by atoms with Crippen LogP contribution in [0.1, 0.15) is 25.5 Å². The molecule has 3 rings (SSSR count). The van der Waals surface area contributed by atoms with Gasteiger partial charge in [-0.25, -0.2) is 4.98 Å². The van der Waals surface area contributed by atoms with Gasteiger partial charge in [-0.15, -0.1) is 24.0 Å². The molecule has 0 spiro atoms. The van der Waals surface area contributed by atoms with Crippen LogP contribution >= 0.6 is 24.0 Å². The molecular formula is C18H25IN4O. The lowest BCUT2D eigenvalue weighted by molar-refractivity contribution is 0.273. The molecule has 0 saturated carbocycles. The van der Waals surface area contributed by atoms with Crippen LogP contribution in [0.15, 0.2) is 46.0 Å². The Bertz CT molecular complexity index is 648. The molecule has 1 saturated heterocycles. The number of benzene rings is 1. The molecule has 24 heavy (non-hydrogen) atoms. The summed E-state index contributed by atoms with van der Waals surface area (Å²) in [5.41, 5.74) is 1.88. The molecule has 1 aromatic carbocycles. The highest BCUT2D eigenvalue weighted by atomic mass is 127. The maximum atomic E-state index is 5.57. The Hall–Kier alpha value is -1.57. The third-order valence-electron chi connectivity index (χ3n) is 4.30. The molecule has 0 unspecified atom stereocenters. The maximum Gasteiger partial charge on any atom is 0.226 e. The van der Waals surface area contributed by atoms with Crippen molar-refractivity contribution in [2.45, 2.75) is 26.3 Å². The number of halogens is 1. The van der Waals surface area contributed by atoms with Crippen LogP contribution in [0.25, 0.3) is 11.5 Å². The van der Waals surface area contributed by atoms with Gasteiger partial charge in [0, 0.05) is 25.7 Å². The van der Waals surface area contributed by atoms with Crippen molar-refractivity contribution in [3.63, 3.8) is 0 Å². The Morgan fingerprint density at radius 2 is 2.00 bits per heavy atom. The summed E-state index contributed by atoms with van der Waals surface area (Å²) >= 11 is 0. The number of hydrogen-bond acceptors (Lipinski definition) is 3. The molecule has 1 aliphatic heterocycles. The molecule has 0 radical (unpaired) electrons.